The molecule has 0 saturated heterocycles. The first kappa shape index (κ1) is 16.3. The molecule has 3 nitrogen and oxygen atoms in total. The Hall–Kier alpha value is -1.77. The van der Waals surface area contributed by atoms with Gasteiger partial charge in [-0.25, -0.2) is 0 Å². The minimum Gasteiger partial charge on any atom is -0.383 e. The van der Waals surface area contributed by atoms with Gasteiger partial charge in [0.1, 0.15) is 0 Å². The maximum Gasteiger partial charge on any atom is 0.185 e. The largest absolute Gasteiger partial charge is 0.383 e. The van der Waals surface area contributed by atoms with Crippen molar-refractivity contribution in [1.29, 1.82) is 0 Å². The van der Waals surface area contributed by atoms with E-state index in [-0.39, 0.29) is 5.78 Å². The fourth-order valence-corrected chi connectivity index (χ4v) is 2.10. The summed E-state index contributed by atoms with van der Waals surface area (Å²) in [4.78, 5) is 16.4. The molecular formula is C17H26N2O. The summed E-state index contributed by atoms with van der Waals surface area (Å²) in [7, 11) is 7.88. The van der Waals surface area contributed by atoms with Gasteiger partial charge >= 0.3 is 0 Å². The second kappa shape index (κ2) is 7.73. The van der Waals surface area contributed by atoms with Gasteiger partial charge in [-0.1, -0.05) is 19.1 Å². The molecule has 20 heavy (non-hydrogen) atoms. The maximum atomic E-state index is 12.5. The first-order chi connectivity index (χ1) is 9.41. The van der Waals surface area contributed by atoms with Crippen molar-refractivity contribution >= 4 is 5.78 Å². The molecular weight excluding hydrogens is 248 g/mol. The molecule has 0 aromatic rings. The fraction of sp³-hybridized carbons (Fsp3) is 0.471. The first-order valence-electron chi connectivity index (χ1n) is 7.05. The number of rotatable bonds is 4. The van der Waals surface area contributed by atoms with E-state index in [9.17, 15) is 4.79 Å². The van der Waals surface area contributed by atoms with E-state index in [0.29, 0.717) is 5.92 Å². The van der Waals surface area contributed by atoms with E-state index in [2.05, 4.69) is 6.92 Å². The van der Waals surface area contributed by atoms with E-state index in [1.165, 1.54) is 0 Å². The zero-order valence-corrected chi connectivity index (χ0v) is 13.3. The minimum atomic E-state index is 0.190. The second-order valence-electron chi connectivity index (χ2n) is 5.69. The zero-order valence-electron chi connectivity index (χ0n) is 13.3. The number of ketones is 1. The molecule has 0 N–H and O–H groups in total. The predicted octanol–water partition coefficient (Wildman–Crippen LogP) is 2.99. The number of carbonyl (C=O) groups is 1. The van der Waals surface area contributed by atoms with Gasteiger partial charge in [0, 0.05) is 33.8 Å². The molecule has 0 radical (unpaired) electrons. The van der Waals surface area contributed by atoms with Crippen molar-refractivity contribution in [3.63, 3.8) is 0 Å². The maximum absolute atomic E-state index is 12.5. The Morgan fingerprint density at radius 1 is 1.00 bits per heavy atom. The molecule has 1 fully saturated rings. The second-order valence-corrected chi connectivity index (χ2v) is 5.69. The average molecular weight is 274 g/mol. The van der Waals surface area contributed by atoms with Gasteiger partial charge in [-0.15, -0.1) is 0 Å². The SMILES string of the molecule is CC1CC/C(=C\C=C\N(C)C)C(=O)/C1=C/C=C/N(C)C. The summed E-state index contributed by atoms with van der Waals surface area (Å²) < 4.78 is 0. The molecule has 0 aromatic heterocycles. The molecule has 1 aliphatic carbocycles. The number of hydrogen-bond donors (Lipinski definition) is 0. The summed E-state index contributed by atoms with van der Waals surface area (Å²) in [6.07, 6.45) is 13.6. The van der Waals surface area contributed by atoms with E-state index in [1.807, 2.05) is 74.7 Å². The van der Waals surface area contributed by atoms with Gasteiger partial charge in [0.05, 0.1) is 0 Å². The lowest BCUT2D eigenvalue weighted by atomic mass is 9.81. The van der Waals surface area contributed by atoms with Crippen molar-refractivity contribution in [3.05, 3.63) is 47.9 Å². The molecule has 0 amide bonds. The van der Waals surface area contributed by atoms with Crippen LogP contribution in [0.5, 0.6) is 0 Å². The van der Waals surface area contributed by atoms with E-state index >= 15 is 0 Å². The molecule has 110 valence electrons. The summed E-state index contributed by atoms with van der Waals surface area (Å²) in [5.41, 5.74) is 1.82. The third kappa shape index (κ3) is 5.08. The van der Waals surface area contributed by atoms with Gasteiger partial charge < -0.3 is 9.80 Å². The van der Waals surface area contributed by atoms with Crippen molar-refractivity contribution in [1.82, 2.24) is 9.80 Å². The van der Waals surface area contributed by atoms with Crippen molar-refractivity contribution < 1.29 is 4.79 Å². The Labute approximate surface area is 122 Å². The first-order valence-corrected chi connectivity index (χ1v) is 7.05. The van der Waals surface area contributed by atoms with Gasteiger partial charge in [-0.05, 0) is 48.9 Å². The van der Waals surface area contributed by atoms with Gasteiger partial charge in [-0.3, -0.25) is 4.79 Å². The van der Waals surface area contributed by atoms with Crippen LogP contribution in [0.15, 0.2) is 47.9 Å². The summed E-state index contributed by atoms with van der Waals surface area (Å²) >= 11 is 0. The van der Waals surface area contributed by atoms with Crippen molar-refractivity contribution in [2.24, 2.45) is 5.92 Å². The van der Waals surface area contributed by atoms with Crippen LogP contribution >= 0.6 is 0 Å². The summed E-state index contributed by atoms with van der Waals surface area (Å²) in [5, 5.41) is 0. The molecule has 1 saturated carbocycles. The summed E-state index contributed by atoms with van der Waals surface area (Å²) in [6.45, 7) is 2.12. The molecule has 1 atom stereocenters. The molecule has 0 aromatic carbocycles. The van der Waals surface area contributed by atoms with E-state index in [4.69, 9.17) is 0 Å². The van der Waals surface area contributed by atoms with Gasteiger partial charge in [0.2, 0.25) is 0 Å². The van der Waals surface area contributed by atoms with Gasteiger partial charge in [0.15, 0.2) is 5.78 Å². The van der Waals surface area contributed by atoms with Crippen molar-refractivity contribution in [2.75, 3.05) is 28.2 Å². The summed E-state index contributed by atoms with van der Waals surface area (Å²) in [5.74, 6) is 0.528. The standard InChI is InChI=1S/C17H26N2O/c1-14-10-11-15(8-6-12-18(2)3)17(20)16(14)9-7-13-19(4)5/h6-9,12-14H,10-11H2,1-5H3/b12-6+,13-7+,15-8+,16-9+. The number of nitrogens with zero attached hydrogens (tertiary/aromatic N) is 2. The number of Topliss-reactive ketones (excluding diaryl/α,β-unsaturated/α-hetero) is 1. The number of carbonyl (C=O) groups excluding carboxylic acids is 1. The highest BCUT2D eigenvalue weighted by Gasteiger charge is 2.25. The van der Waals surface area contributed by atoms with Crippen LogP contribution in [-0.4, -0.2) is 43.8 Å². The predicted molar refractivity (Wildman–Crippen MR) is 85.2 cm³/mol. The smallest absolute Gasteiger partial charge is 0.185 e. The lowest BCUT2D eigenvalue weighted by molar-refractivity contribution is -0.113. The Bertz CT molecular complexity index is 454. The molecule has 1 unspecified atom stereocenters. The lowest BCUT2D eigenvalue weighted by Gasteiger charge is -2.22. The quantitative estimate of drug-likeness (QED) is 0.736. The van der Waals surface area contributed by atoms with Gasteiger partial charge in [0.25, 0.3) is 0 Å². The molecule has 3 heteroatoms. The van der Waals surface area contributed by atoms with Crippen LogP contribution in [0.4, 0.5) is 0 Å². The van der Waals surface area contributed by atoms with Crippen molar-refractivity contribution in [2.45, 2.75) is 19.8 Å². The molecule has 1 aliphatic rings. The monoisotopic (exact) mass is 274 g/mol. The summed E-state index contributed by atoms with van der Waals surface area (Å²) in [6, 6.07) is 0. The van der Waals surface area contributed by atoms with E-state index in [1.54, 1.807) is 0 Å². The van der Waals surface area contributed by atoms with Crippen LogP contribution in [0.25, 0.3) is 0 Å². The normalized spacial score (nSPS) is 24.2. The fourth-order valence-electron chi connectivity index (χ4n) is 2.10. The zero-order chi connectivity index (χ0) is 15.1. The highest BCUT2D eigenvalue weighted by molar-refractivity contribution is 6.09. The van der Waals surface area contributed by atoms with E-state index in [0.717, 1.165) is 24.0 Å². The molecule has 0 heterocycles. The minimum absolute atomic E-state index is 0.190. The Morgan fingerprint density at radius 3 is 2.10 bits per heavy atom. The van der Waals surface area contributed by atoms with Crippen LogP contribution < -0.4 is 0 Å². The van der Waals surface area contributed by atoms with Crippen LogP contribution in [0.2, 0.25) is 0 Å². The Kier molecular flexibility index (Phi) is 6.29. The number of hydrogen-bond acceptors (Lipinski definition) is 3. The Balaban J connectivity index is 2.87. The topological polar surface area (TPSA) is 23.6 Å². The average Bonchev–Trinajstić information content (AvgIpc) is 2.35. The molecule has 1 rings (SSSR count). The molecule has 0 spiro atoms. The highest BCUT2D eigenvalue weighted by atomic mass is 16.1. The van der Waals surface area contributed by atoms with E-state index < -0.39 is 0 Å². The van der Waals surface area contributed by atoms with Crippen LogP contribution in [-0.2, 0) is 4.79 Å². The number of allylic oxidation sites excluding steroid dienone is 6. The van der Waals surface area contributed by atoms with Crippen LogP contribution in [0.1, 0.15) is 19.8 Å². The lowest BCUT2D eigenvalue weighted by Crippen LogP contribution is -2.19. The molecule has 0 aliphatic heterocycles. The van der Waals surface area contributed by atoms with Gasteiger partial charge in [-0.2, -0.15) is 0 Å². The third-order valence-electron chi connectivity index (χ3n) is 3.27. The van der Waals surface area contributed by atoms with Crippen molar-refractivity contribution in [3.8, 4) is 0 Å². The highest BCUT2D eigenvalue weighted by Crippen LogP contribution is 2.30. The molecule has 0 bridgehead atoms. The Morgan fingerprint density at radius 2 is 1.55 bits per heavy atom. The third-order valence-corrected chi connectivity index (χ3v) is 3.27. The van der Waals surface area contributed by atoms with Crippen LogP contribution in [0.3, 0.4) is 0 Å². The van der Waals surface area contributed by atoms with Crippen LogP contribution in [0, 0.1) is 5.92 Å².